The third-order valence-corrected chi connectivity index (χ3v) is 10.3. The van der Waals surface area contributed by atoms with Gasteiger partial charge in [-0.05, 0) is 112 Å². The van der Waals surface area contributed by atoms with Gasteiger partial charge in [0.25, 0.3) is 0 Å². The van der Waals surface area contributed by atoms with Gasteiger partial charge in [-0.15, -0.1) is 0 Å². The van der Waals surface area contributed by atoms with Gasteiger partial charge in [0, 0.05) is 41.2 Å². The Morgan fingerprint density at radius 2 is 0.625 bits per heavy atom. The fraction of sp³-hybridized carbons (Fsp3) is 0.167. The molecular weight excluding hydrogens is 504 g/mol. The van der Waals surface area contributed by atoms with Crippen molar-refractivity contribution >= 4 is 47.6 Å². The maximum absolute atomic E-state index is 5.85. The fourth-order valence-corrected chi connectivity index (χ4v) is 6.06. The lowest BCUT2D eigenvalue weighted by Crippen LogP contribution is -2.43. The van der Waals surface area contributed by atoms with Crippen LogP contribution in [0.4, 0.5) is 34.1 Å². The van der Waals surface area contributed by atoms with Crippen LogP contribution in [0.1, 0.15) is 16.7 Å². The second kappa shape index (κ2) is 11.5. The molecule has 0 aromatic heterocycles. The van der Waals surface area contributed by atoms with Gasteiger partial charge in [-0.2, -0.15) is 0 Å². The van der Waals surface area contributed by atoms with E-state index in [1.165, 1.54) is 21.9 Å². The molecule has 5 aromatic rings. The second-order valence-electron chi connectivity index (χ2n) is 11.0. The number of aryl methyl sites for hydroxylation is 3. The summed E-state index contributed by atoms with van der Waals surface area (Å²) in [5.41, 5.74) is 10.5. The molecule has 0 aliphatic heterocycles. The third-order valence-electron chi connectivity index (χ3n) is 7.57. The minimum atomic E-state index is -1.89. The van der Waals surface area contributed by atoms with E-state index in [1.807, 2.05) is 7.11 Å². The summed E-state index contributed by atoms with van der Waals surface area (Å²) >= 11 is 0. The zero-order chi connectivity index (χ0) is 28.3. The Labute approximate surface area is 240 Å². The van der Waals surface area contributed by atoms with Crippen LogP contribution in [-0.4, -0.2) is 15.4 Å². The molecule has 4 heteroatoms. The zero-order valence-electron chi connectivity index (χ0n) is 24.3. The first-order valence-electron chi connectivity index (χ1n) is 13.8. The molecule has 5 rings (SSSR count). The SMILES string of the molecule is CO[Si](C)(C)c1ccc(N(c2ccc(C)cc2)c2ccc(N(c3ccc(C)cc3)c3ccc(C)cc3)cc2)cc1. The summed E-state index contributed by atoms with van der Waals surface area (Å²) in [5.74, 6) is 0. The molecule has 3 nitrogen and oxygen atoms in total. The lowest BCUT2D eigenvalue weighted by Gasteiger charge is -2.29. The van der Waals surface area contributed by atoms with Crippen LogP contribution in [0.3, 0.4) is 0 Å². The number of hydrogen-bond acceptors (Lipinski definition) is 3. The predicted molar refractivity (Wildman–Crippen MR) is 174 cm³/mol. The Kier molecular flexibility index (Phi) is 7.92. The molecule has 40 heavy (non-hydrogen) atoms. The fourth-order valence-electron chi connectivity index (χ4n) is 4.86. The number of benzene rings is 5. The summed E-state index contributed by atoms with van der Waals surface area (Å²) in [4.78, 5) is 4.63. The molecule has 0 saturated heterocycles. The smallest absolute Gasteiger partial charge is 0.217 e. The molecule has 0 fully saturated rings. The number of anilines is 6. The number of rotatable bonds is 8. The summed E-state index contributed by atoms with van der Waals surface area (Å²) in [5, 5.41) is 1.28. The molecule has 0 aliphatic rings. The topological polar surface area (TPSA) is 15.7 Å². The summed E-state index contributed by atoms with van der Waals surface area (Å²) < 4.78 is 5.85. The van der Waals surface area contributed by atoms with E-state index >= 15 is 0 Å². The lowest BCUT2D eigenvalue weighted by molar-refractivity contribution is 0.416. The van der Waals surface area contributed by atoms with Crippen LogP contribution in [0, 0.1) is 20.8 Å². The number of hydrogen-bond donors (Lipinski definition) is 0. The van der Waals surface area contributed by atoms with Gasteiger partial charge in [-0.25, -0.2) is 0 Å². The standard InChI is InChI=1S/C36H38N2OSi/c1-27-7-13-30(14-8-27)37(31-15-9-28(2)10-16-31)33-19-21-34(22-20-33)38(32-17-11-29(3)12-18-32)35-23-25-36(26-24-35)40(5,6)39-4/h7-26H,1-6H3. The van der Waals surface area contributed by atoms with Crippen LogP contribution in [0.2, 0.25) is 13.1 Å². The van der Waals surface area contributed by atoms with E-state index in [-0.39, 0.29) is 0 Å². The van der Waals surface area contributed by atoms with Gasteiger partial charge in [-0.3, -0.25) is 0 Å². The monoisotopic (exact) mass is 542 g/mol. The van der Waals surface area contributed by atoms with E-state index in [0.29, 0.717) is 0 Å². The van der Waals surface area contributed by atoms with Crippen LogP contribution in [0.15, 0.2) is 121 Å². The van der Waals surface area contributed by atoms with Crippen LogP contribution in [0.25, 0.3) is 0 Å². The Balaban J connectivity index is 1.56. The maximum atomic E-state index is 5.85. The van der Waals surface area contributed by atoms with Gasteiger partial charge in [-0.1, -0.05) is 65.2 Å². The number of nitrogens with zero attached hydrogens (tertiary/aromatic N) is 2. The quantitative estimate of drug-likeness (QED) is 0.182. The molecular formula is C36H38N2OSi. The first-order chi connectivity index (χ1) is 19.2. The van der Waals surface area contributed by atoms with E-state index in [0.717, 1.165) is 34.1 Å². The van der Waals surface area contributed by atoms with Crippen molar-refractivity contribution in [3.8, 4) is 0 Å². The summed E-state index contributed by atoms with van der Waals surface area (Å²) in [6, 6.07) is 43.9. The molecule has 0 spiro atoms. The van der Waals surface area contributed by atoms with Crippen molar-refractivity contribution in [2.45, 2.75) is 33.9 Å². The Bertz CT molecular complexity index is 1500. The summed E-state index contributed by atoms with van der Waals surface area (Å²) in [7, 11) is -0.0767. The van der Waals surface area contributed by atoms with Crippen LogP contribution in [0.5, 0.6) is 0 Å². The van der Waals surface area contributed by atoms with Crippen LogP contribution in [-0.2, 0) is 4.43 Å². The highest BCUT2D eigenvalue weighted by Crippen LogP contribution is 2.39. The molecule has 0 unspecified atom stereocenters. The first kappa shape index (κ1) is 27.4. The van der Waals surface area contributed by atoms with Gasteiger partial charge in [0.1, 0.15) is 0 Å². The normalized spacial score (nSPS) is 11.3. The minimum Gasteiger partial charge on any atom is -0.416 e. The highest BCUT2D eigenvalue weighted by molar-refractivity contribution is 6.84. The molecule has 202 valence electrons. The van der Waals surface area contributed by atoms with Crippen molar-refractivity contribution in [1.29, 1.82) is 0 Å². The lowest BCUT2D eigenvalue weighted by atomic mass is 10.1. The van der Waals surface area contributed by atoms with Crippen molar-refractivity contribution < 1.29 is 4.43 Å². The summed E-state index contributed by atoms with van der Waals surface area (Å²) in [6.45, 7) is 10.8. The van der Waals surface area contributed by atoms with Gasteiger partial charge >= 0.3 is 0 Å². The van der Waals surface area contributed by atoms with E-state index in [4.69, 9.17) is 4.43 Å². The Morgan fingerprint density at radius 3 is 0.875 bits per heavy atom. The zero-order valence-corrected chi connectivity index (χ0v) is 25.3. The largest absolute Gasteiger partial charge is 0.416 e. The predicted octanol–water partition coefficient (Wildman–Crippen LogP) is 9.61. The molecule has 0 amide bonds. The molecule has 5 aromatic carbocycles. The molecule has 0 bridgehead atoms. The average molecular weight is 543 g/mol. The molecule has 0 heterocycles. The Morgan fingerprint density at radius 1 is 0.400 bits per heavy atom. The van der Waals surface area contributed by atoms with E-state index in [2.05, 4.69) is 165 Å². The van der Waals surface area contributed by atoms with Gasteiger partial charge in [0.05, 0.1) is 0 Å². The minimum absolute atomic E-state index is 1.11. The third kappa shape index (κ3) is 5.89. The van der Waals surface area contributed by atoms with E-state index in [9.17, 15) is 0 Å². The highest BCUT2D eigenvalue weighted by atomic mass is 28.4. The molecule has 0 atom stereocenters. The highest BCUT2D eigenvalue weighted by Gasteiger charge is 2.24. The summed E-state index contributed by atoms with van der Waals surface area (Å²) in [6.07, 6.45) is 0. The van der Waals surface area contributed by atoms with Crippen molar-refractivity contribution in [3.05, 3.63) is 138 Å². The molecule has 0 radical (unpaired) electrons. The van der Waals surface area contributed by atoms with Gasteiger partial charge in [0.15, 0.2) is 0 Å². The van der Waals surface area contributed by atoms with Crippen molar-refractivity contribution in [1.82, 2.24) is 0 Å². The first-order valence-corrected chi connectivity index (χ1v) is 16.7. The molecule has 0 N–H and O–H groups in total. The van der Waals surface area contributed by atoms with Crippen LogP contribution < -0.4 is 15.0 Å². The second-order valence-corrected chi connectivity index (χ2v) is 15.0. The van der Waals surface area contributed by atoms with Gasteiger partial charge in [0.2, 0.25) is 8.32 Å². The van der Waals surface area contributed by atoms with Crippen LogP contribution >= 0.6 is 0 Å². The van der Waals surface area contributed by atoms with Gasteiger partial charge < -0.3 is 14.2 Å². The Hall–Kier alpha value is -4.12. The van der Waals surface area contributed by atoms with Crippen molar-refractivity contribution in [3.63, 3.8) is 0 Å². The average Bonchev–Trinajstić information content (AvgIpc) is 2.97. The van der Waals surface area contributed by atoms with E-state index in [1.54, 1.807) is 0 Å². The molecule has 0 aliphatic carbocycles. The molecule has 0 saturated carbocycles. The van der Waals surface area contributed by atoms with E-state index < -0.39 is 8.32 Å². The van der Waals surface area contributed by atoms with Crippen molar-refractivity contribution in [2.75, 3.05) is 16.9 Å². The van der Waals surface area contributed by atoms with Crippen molar-refractivity contribution in [2.24, 2.45) is 0 Å². The maximum Gasteiger partial charge on any atom is 0.217 e.